The van der Waals surface area contributed by atoms with Gasteiger partial charge in [-0.1, -0.05) is 13.8 Å². The molecule has 6 heteroatoms. The lowest BCUT2D eigenvalue weighted by Crippen LogP contribution is -2.08. The number of nitrogens with one attached hydrogen (secondary N) is 1. The first kappa shape index (κ1) is 16.9. The number of anilines is 1. The van der Waals surface area contributed by atoms with Gasteiger partial charge in [-0.3, -0.25) is 0 Å². The monoisotopic (exact) mass is 337 g/mol. The van der Waals surface area contributed by atoms with Crippen LogP contribution in [0.1, 0.15) is 43.5 Å². The normalized spacial score (nSPS) is 15.1. The van der Waals surface area contributed by atoms with E-state index in [2.05, 4.69) is 19.2 Å². The number of benzene rings is 1. The van der Waals surface area contributed by atoms with E-state index < -0.39 is 11.7 Å². The van der Waals surface area contributed by atoms with Crippen LogP contribution in [0.2, 0.25) is 0 Å². The van der Waals surface area contributed by atoms with E-state index in [1.165, 1.54) is 17.7 Å². The minimum Gasteiger partial charge on any atom is -0.370 e. The van der Waals surface area contributed by atoms with Gasteiger partial charge in [-0.15, -0.1) is 0 Å². The van der Waals surface area contributed by atoms with Gasteiger partial charge in [0.1, 0.15) is 5.82 Å². The second-order valence-corrected chi connectivity index (χ2v) is 6.71. The average molecular weight is 337 g/mol. The summed E-state index contributed by atoms with van der Waals surface area (Å²) in [6.45, 7) is 5.15. The third kappa shape index (κ3) is 3.42. The molecule has 2 heterocycles. The Bertz CT molecular complexity index is 700. The lowest BCUT2D eigenvalue weighted by Gasteiger charge is -2.11. The molecule has 0 saturated carbocycles. The van der Waals surface area contributed by atoms with Crippen LogP contribution in [0.25, 0.3) is 5.69 Å². The minimum absolute atomic E-state index is 0.480. The van der Waals surface area contributed by atoms with E-state index in [0.717, 1.165) is 55.9 Å². The van der Waals surface area contributed by atoms with Gasteiger partial charge in [0.25, 0.3) is 0 Å². The van der Waals surface area contributed by atoms with E-state index in [9.17, 15) is 13.2 Å². The molecule has 130 valence electrons. The summed E-state index contributed by atoms with van der Waals surface area (Å²) in [5.74, 6) is 1.41. The first-order chi connectivity index (χ1) is 11.4. The number of hydrogen-bond donors (Lipinski definition) is 1. The maximum atomic E-state index is 12.8. The zero-order valence-corrected chi connectivity index (χ0v) is 14.0. The van der Waals surface area contributed by atoms with Crippen molar-refractivity contribution in [1.29, 1.82) is 0 Å². The molecule has 24 heavy (non-hydrogen) atoms. The van der Waals surface area contributed by atoms with Crippen molar-refractivity contribution < 1.29 is 13.2 Å². The quantitative estimate of drug-likeness (QED) is 0.869. The molecule has 1 aromatic heterocycles. The number of nitrogens with zero attached hydrogens (tertiary/aromatic N) is 2. The van der Waals surface area contributed by atoms with Crippen LogP contribution >= 0.6 is 0 Å². The molecule has 0 atom stereocenters. The fourth-order valence-corrected chi connectivity index (χ4v) is 3.10. The molecule has 2 aromatic rings. The molecular weight excluding hydrogens is 315 g/mol. The Kier molecular flexibility index (Phi) is 4.56. The lowest BCUT2D eigenvalue weighted by molar-refractivity contribution is -0.137. The Morgan fingerprint density at radius 3 is 2.50 bits per heavy atom. The van der Waals surface area contributed by atoms with Crippen molar-refractivity contribution >= 4 is 5.82 Å². The van der Waals surface area contributed by atoms with Gasteiger partial charge < -0.3 is 5.32 Å². The first-order valence-corrected chi connectivity index (χ1v) is 8.38. The van der Waals surface area contributed by atoms with Crippen LogP contribution in [0.4, 0.5) is 19.0 Å². The van der Waals surface area contributed by atoms with Crippen LogP contribution in [0.5, 0.6) is 0 Å². The van der Waals surface area contributed by atoms with Gasteiger partial charge in [0, 0.05) is 12.1 Å². The zero-order valence-electron chi connectivity index (χ0n) is 14.0. The van der Waals surface area contributed by atoms with Crippen LogP contribution in [-0.4, -0.2) is 16.3 Å². The predicted octanol–water partition coefficient (Wildman–Crippen LogP) is 4.84. The maximum absolute atomic E-state index is 12.8. The third-order valence-electron chi connectivity index (χ3n) is 4.25. The molecule has 0 fully saturated rings. The Hall–Kier alpha value is -1.98. The summed E-state index contributed by atoms with van der Waals surface area (Å²) >= 11 is 0. The molecule has 0 amide bonds. The molecule has 1 N–H and O–H groups in total. The second kappa shape index (κ2) is 6.49. The fraction of sp³-hybridized carbons (Fsp3) is 0.500. The van der Waals surface area contributed by atoms with Gasteiger partial charge in [0.15, 0.2) is 0 Å². The van der Waals surface area contributed by atoms with Crippen LogP contribution in [-0.2, 0) is 19.0 Å². The Balaban J connectivity index is 2.02. The smallest absolute Gasteiger partial charge is 0.370 e. The van der Waals surface area contributed by atoms with Crippen molar-refractivity contribution in [2.24, 2.45) is 5.92 Å². The highest BCUT2D eigenvalue weighted by molar-refractivity contribution is 5.54. The Morgan fingerprint density at radius 1 is 1.17 bits per heavy atom. The number of alkyl halides is 3. The Morgan fingerprint density at radius 2 is 1.88 bits per heavy atom. The van der Waals surface area contributed by atoms with Gasteiger partial charge in [0.2, 0.25) is 0 Å². The van der Waals surface area contributed by atoms with E-state index in [0.29, 0.717) is 11.6 Å². The van der Waals surface area contributed by atoms with Gasteiger partial charge in [0.05, 0.1) is 16.9 Å². The molecule has 0 radical (unpaired) electrons. The molecule has 0 saturated heterocycles. The molecule has 1 aliphatic rings. The second-order valence-electron chi connectivity index (χ2n) is 6.71. The summed E-state index contributed by atoms with van der Waals surface area (Å²) in [7, 11) is 0. The molecule has 0 spiro atoms. The van der Waals surface area contributed by atoms with Crippen molar-refractivity contribution in [1.82, 2.24) is 9.78 Å². The van der Waals surface area contributed by atoms with Crippen molar-refractivity contribution in [3.05, 3.63) is 41.1 Å². The van der Waals surface area contributed by atoms with E-state index in [1.807, 2.05) is 0 Å². The number of aromatic nitrogens is 2. The zero-order chi connectivity index (χ0) is 17.3. The summed E-state index contributed by atoms with van der Waals surface area (Å²) in [4.78, 5) is 0. The van der Waals surface area contributed by atoms with Crippen LogP contribution in [0.15, 0.2) is 24.3 Å². The number of rotatable bonds is 3. The highest BCUT2D eigenvalue weighted by Gasteiger charge is 2.30. The topological polar surface area (TPSA) is 29.9 Å². The predicted molar refractivity (Wildman–Crippen MR) is 88.5 cm³/mol. The van der Waals surface area contributed by atoms with Gasteiger partial charge in [-0.25, -0.2) is 4.68 Å². The summed E-state index contributed by atoms with van der Waals surface area (Å²) < 4.78 is 40.0. The number of hydrogen-bond acceptors (Lipinski definition) is 2. The minimum atomic E-state index is -4.32. The van der Waals surface area contributed by atoms with E-state index in [-0.39, 0.29) is 0 Å². The third-order valence-corrected chi connectivity index (χ3v) is 4.25. The number of fused-ring (bicyclic) bond motifs is 1. The molecule has 0 aliphatic carbocycles. The summed E-state index contributed by atoms with van der Waals surface area (Å²) in [5, 5.41) is 8.12. The molecule has 3 nitrogen and oxygen atoms in total. The van der Waals surface area contributed by atoms with Gasteiger partial charge >= 0.3 is 6.18 Å². The average Bonchev–Trinajstić information content (AvgIpc) is 2.70. The Labute approximate surface area is 139 Å². The molecule has 1 aliphatic heterocycles. The highest BCUT2D eigenvalue weighted by atomic mass is 19.4. The van der Waals surface area contributed by atoms with Crippen molar-refractivity contribution in [2.45, 2.75) is 45.7 Å². The summed E-state index contributed by atoms with van der Waals surface area (Å²) in [6.07, 6.45) is -0.296. The molecular formula is C18H22F3N3. The largest absolute Gasteiger partial charge is 0.416 e. The van der Waals surface area contributed by atoms with Gasteiger partial charge in [-0.2, -0.15) is 18.3 Å². The SMILES string of the molecule is CC(C)Cc1nn(-c2ccc(C(F)(F)F)cc2)c2c1CCCCN2. The summed E-state index contributed by atoms with van der Waals surface area (Å²) in [5.41, 5.74) is 2.28. The maximum Gasteiger partial charge on any atom is 0.416 e. The highest BCUT2D eigenvalue weighted by Crippen LogP contribution is 2.32. The standard InChI is InChI=1S/C18H22F3N3/c1-12(2)11-16-15-5-3-4-10-22-17(15)24(23-16)14-8-6-13(7-9-14)18(19,20)21/h6-9,12,22H,3-5,10-11H2,1-2H3. The van der Waals surface area contributed by atoms with Crippen molar-refractivity contribution in [2.75, 3.05) is 11.9 Å². The van der Waals surface area contributed by atoms with E-state index >= 15 is 0 Å². The molecule has 0 bridgehead atoms. The molecule has 1 aromatic carbocycles. The van der Waals surface area contributed by atoms with Crippen molar-refractivity contribution in [3.8, 4) is 5.69 Å². The molecule has 3 rings (SSSR count). The molecule has 0 unspecified atom stereocenters. The summed E-state index contributed by atoms with van der Waals surface area (Å²) in [6, 6.07) is 5.20. The fourth-order valence-electron chi connectivity index (χ4n) is 3.10. The van der Waals surface area contributed by atoms with E-state index in [4.69, 9.17) is 5.10 Å². The lowest BCUT2D eigenvalue weighted by atomic mass is 10.0. The first-order valence-electron chi connectivity index (χ1n) is 8.38. The van der Waals surface area contributed by atoms with Crippen LogP contribution in [0, 0.1) is 5.92 Å². The number of halogens is 3. The van der Waals surface area contributed by atoms with Crippen molar-refractivity contribution in [3.63, 3.8) is 0 Å². The van der Waals surface area contributed by atoms with Crippen LogP contribution in [0.3, 0.4) is 0 Å². The van der Waals surface area contributed by atoms with E-state index in [1.54, 1.807) is 4.68 Å². The van der Waals surface area contributed by atoms with Crippen LogP contribution < -0.4 is 5.32 Å². The van der Waals surface area contributed by atoms with Gasteiger partial charge in [-0.05, 0) is 55.9 Å².